The molecular weight excluding hydrogens is 452 g/mol. The second kappa shape index (κ2) is 14.4. The molecular formula is C26H35ClN4O3. The Hall–Kier alpha value is -2.90. The van der Waals surface area contributed by atoms with Gasteiger partial charge in [-0.15, -0.1) is 0 Å². The third-order valence-electron chi connectivity index (χ3n) is 5.35. The lowest BCUT2D eigenvalue weighted by atomic mass is 10.1. The molecule has 1 aliphatic heterocycles. The lowest BCUT2D eigenvalue weighted by molar-refractivity contribution is -0.114. The number of hydrogen-bond acceptors (Lipinski definition) is 6. The molecule has 5 N–H and O–H groups in total. The van der Waals surface area contributed by atoms with Gasteiger partial charge < -0.3 is 26.5 Å². The number of primary amides is 1. The van der Waals surface area contributed by atoms with Crippen LogP contribution in [-0.4, -0.2) is 48.5 Å². The quantitative estimate of drug-likeness (QED) is 0.219. The van der Waals surface area contributed by atoms with Crippen LogP contribution < -0.4 is 16.2 Å². The second-order valence-corrected chi connectivity index (χ2v) is 8.75. The second-order valence-electron chi connectivity index (χ2n) is 8.34. The van der Waals surface area contributed by atoms with Gasteiger partial charge in [-0.2, -0.15) is 0 Å². The first kappa shape index (κ1) is 27.3. The number of nitrogens with one attached hydrogen (secondary N) is 1. The van der Waals surface area contributed by atoms with Gasteiger partial charge in [-0.3, -0.25) is 9.59 Å². The van der Waals surface area contributed by atoms with Gasteiger partial charge >= 0.3 is 0 Å². The molecule has 0 spiro atoms. The molecule has 2 fully saturated rings. The Balaban J connectivity index is 0.000000234. The lowest BCUT2D eigenvalue weighted by Gasteiger charge is -2.14. The van der Waals surface area contributed by atoms with Gasteiger partial charge in [0.2, 0.25) is 5.78 Å². The molecule has 1 heterocycles. The zero-order valence-corrected chi connectivity index (χ0v) is 20.5. The van der Waals surface area contributed by atoms with Crippen molar-refractivity contribution in [1.82, 2.24) is 4.90 Å². The number of anilines is 1. The van der Waals surface area contributed by atoms with E-state index < -0.39 is 11.7 Å². The summed E-state index contributed by atoms with van der Waals surface area (Å²) in [5.41, 5.74) is 12.3. The van der Waals surface area contributed by atoms with Gasteiger partial charge in [-0.05, 0) is 113 Å². The standard InChI is InChI=1S/C16H22ClNO.C8H8N2O2.C2H5N/c17-15-12-13(4-3-11-18-9-1-2-10-18)5-8-16(15)19-14-6-7-14;9-6-3-1-5(2-4-6)7(11)8(10)12;1-2-3/h5,8,12,14H,1-4,6-7,9-11H2;1-4H,9H2,(H2,10,12);2-3H,1H3. The van der Waals surface area contributed by atoms with E-state index in [1.807, 2.05) is 6.07 Å². The summed E-state index contributed by atoms with van der Waals surface area (Å²) < 4.78 is 5.76. The Morgan fingerprint density at radius 1 is 1.15 bits per heavy atom. The lowest BCUT2D eigenvalue weighted by Crippen LogP contribution is -2.22. The number of halogens is 1. The zero-order valence-electron chi connectivity index (χ0n) is 19.8. The van der Waals surface area contributed by atoms with Crippen molar-refractivity contribution in [2.75, 3.05) is 25.4 Å². The number of ketones is 1. The van der Waals surface area contributed by atoms with Crippen LogP contribution in [0.1, 0.15) is 54.9 Å². The molecule has 1 saturated heterocycles. The average Bonchev–Trinajstić information content (AvgIpc) is 3.48. The number of carbonyl (C=O) groups is 2. The summed E-state index contributed by atoms with van der Waals surface area (Å²) >= 11 is 6.27. The summed E-state index contributed by atoms with van der Waals surface area (Å²) in [4.78, 5) is 23.9. The molecule has 0 unspecified atom stereocenters. The minimum absolute atomic E-state index is 0.261. The molecule has 0 aromatic heterocycles. The van der Waals surface area contributed by atoms with Gasteiger partial charge in [0.15, 0.2) is 0 Å². The highest BCUT2D eigenvalue weighted by atomic mass is 35.5. The average molecular weight is 487 g/mol. The molecule has 0 bridgehead atoms. The van der Waals surface area contributed by atoms with Gasteiger partial charge in [0, 0.05) is 11.3 Å². The molecule has 1 amide bonds. The molecule has 2 aromatic carbocycles. The molecule has 34 heavy (non-hydrogen) atoms. The van der Waals surface area contributed by atoms with Crippen molar-refractivity contribution in [2.45, 2.75) is 51.6 Å². The molecule has 8 heteroatoms. The number of hydrogen-bond donors (Lipinski definition) is 3. The predicted molar refractivity (Wildman–Crippen MR) is 138 cm³/mol. The first-order chi connectivity index (χ1) is 16.3. The van der Waals surface area contributed by atoms with Gasteiger partial charge in [-0.1, -0.05) is 17.7 Å². The molecule has 0 radical (unpaired) electrons. The van der Waals surface area contributed by atoms with E-state index in [4.69, 9.17) is 33.2 Å². The fourth-order valence-electron chi connectivity index (χ4n) is 3.45. The molecule has 2 aromatic rings. The van der Waals surface area contributed by atoms with E-state index in [-0.39, 0.29) is 5.56 Å². The number of nitrogens with zero attached hydrogens (tertiary/aromatic N) is 1. The number of Topliss-reactive ketones (excluding diaryl/α,β-unsaturated/α-hetero) is 1. The van der Waals surface area contributed by atoms with E-state index in [1.165, 1.54) is 87.8 Å². The van der Waals surface area contributed by atoms with E-state index in [0.29, 0.717) is 11.8 Å². The van der Waals surface area contributed by atoms with E-state index in [2.05, 4.69) is 17.0 Å². The number of aryl methyl sites for hydroxylation is 1. The first-order valence-electron chi connectivity index (χ1n) is 11.7. The maximum Gasteiger partial charge on any atom is 0.289 e. The number of nitrogens with two attached hydrogens (primary N) is 2. The third-order valence-corrected chi connectivity index (χ3v) is 5.64. The van der Waals surface area contributed by atoms with E-state index in [9.17, 15) is 9.59 Å². The zero-order chi connectivity index (χ0) is 24.9. The van der Waals surface area contributed by atoms with Crippen LogP contribution in [-0.2, 0) is 11.2 Å². The molecule has 1 aliphatic carbocycles. The molecule has 4 rings (SSSR count). The number of likely N-dealkylation sites (tertiary alicyclic amines) is 1. The summed E-state index contributed by atoms with van der Waals surface area (Å²) in [5.74, 6) is -0.803. The summed E-state index contributed by atoms with van der Waals surface area (Å²) in [6.07, 6.45) is 9.09. The van der Waals surface area contributed by atoms with Gasteiger partial charge in [0.05, 0.1) is 11.1 Å². The highest BCUT2D eigenvalue weighted by Crippen LogP contribution is 2.32. The normalized spacial score (nSPS) is 14.8. The highest BCUT2D eigenvalue weighted by molar-refractivity contribution is 6.42. The van der Waals surface area contributed by atoms with Gasteiger partial charge in [0.1, 0.15) is 5.75 Å². The van der Waals surface area contributed by atoms with Crippen LogP contribution in [0.2, 0.25) is 5.02 Å². The topological polar surface area (TPSA) is 122 Å². The maximum absolute atomic E-state index is 10.9. The van der Waals surface area contributed by atoms with Gasteiger partial charge in [-0.25, -0.2) is 0 Å². The van der Waals surface area contributed by atoms with E-state index in [0.717, 1.165) is 17.2 Å². The number of ether oxygens (including phenoxy) is 1. The Morgan fingerprint density at radius 3 is 2.29 bits per heavy atom. The first-order valence-corrected chi connectivity index (χ1v) is 12.0. The Labute approximate surface area is 206 Å². The summed E-state index contributed by atoms with van der Waals surface area (Å²) in [6, 6.07) is 12.3. The SMILES string of the molecule is CC=N.Clc1cc(CCCN2CCCC2)ccc1OC1CC1.NC(=O)C(=O)c1ccc(N)cc1. The largest absolute Gasteiger partial charge is 0.489 e. The van der Waals surface area contributed by atoms with Gasteiger partial charge in [0.25, 0.3) is 5.91 Å². The number of rotatable bonds is 8. The molecule has 1 saturated carbocycles. The Bertz CT molecular complexity index is 940. The summed E-state index contributed by atoms with van der Waals surface area (Å²) in [7, 11) is 0. The number of carbonyl (C=O) groups excluding carboxylic acids is 2. The molecule has 2 aliphatic rings. The van der Waals surface area contributed by atoms with Crippen molar-refractivity contribution in [2.24, 2.45) is 5.73 Å². The Morgan fingerprint density at radius 2 is 1.76 bits per heavy atom. The number of amides is 1. The maximum atomic E-state index is 10.9. The van der Waals surface area contributed by atoms with Crippen LogP contribution >= 0.6 is 11.6 Å². The van der Waals surface area contributed by atoms with Crippen molar-refractivity contribution in [1.29, 1.82) is 5.41 Å². The molecule has 184 valence electrons. The van der Waals surface area contributed by atoms with Crippen LogP contribution in [0.4, 0.5) is 5.69 Å². The van der Waals surface area contributed by atoms with E-state index >= 15 is 0 Å². The fraction of sp³-hybridized carbons (Fsp3) is 0.423. The van der Waals surface area contributed by atoms with Crippen LogP contribution in [0, 0.1) is 5.41 Å². The van der Waals surface area contributed by atoms with Crippen molar-refractivity contribution in [3.05, 3.63) is 58.6 Å². The summed E-state index contributed by atoms with van der Waals surface area (Å²) in [6.45, 7) is 5.46. The number of benzene rings is 2. The number of nitrogen functional groups attached to an aromatic ring is 1. The molecule has 7 nitrogen and oxygen atoms in total. The van der Waals surface area contributed by atoms with Crippen molar-refractivity contribution >= 4 is 35.2 Å². The Kier molecular flexibility index (Phi) is 11.6. The monoisotopic (exact) mass is 486 g/mol. The van der Waals surface area contributed by atoms with Crippen LogP contribution in [0.5, 0.6) is 5.75 Å². The van der Waals surface area contributed by atoms with Crippen LogP contribution in [0.25, 0.3) is 0 Å². The van der Waals surface area contributed by atoms with Crippen molar-refractivity contribution in [3.8, 4) is 5.75 Å². The smallest absolute Gasteiger partial charge is 0.289 e. The minimum atomic E-state index is -0.959. The van der Waals surface area contributed by atoms with Crippen LogP contribution in [0.15, 0.2) is 42.5 Å². The predicted octanol–water partition coefficient (Wildman–Crippen LogP) is 4.50. The molecule has 0 atom stereocenters. The van der Waals surface area contributed by atoms with E-state index in [1.54, 1.807) is 6.92 Å². The minimum Gasteiger partial charge on any atom is -0.489 e. The van der Waals surface area contributed by atoms with Crippen molar-refractivity contribution in [3.63, 3.8) is 0 Å². The van der Waals surface area contributed by atoms with Crippen molar-refractivity contribution < 1.29 is 14.3 Å². The summed E-state index contributed by atoms with van der Waals surface area (Å²) in [5, 5.41) is 6.85. The van der Waals surface area contributed by atoms with Crippen LogP contribution in [0.3, 0.4) is 0 Å². The third kappa shape index (κ3) is 9.93. The fourth-order valence-corrected chi connectivity index (χ4v) is 3.70. The highest BCUT2D eigenvalue weighted by Gasteiger charge is 2.24.